The third-order valence-electron chi connectivity index (χ3n) is 17.1. The van der Waals surface area contributed by atoms with Crippen LogP contribution in [0.3, 0.4) is 0 Å². The van der Waals surface area contributed by atoms with Crippen LogP contribution in [0.15, 0.2) is 144 Å². The number of aromatic nitrogens is 4. The number of likely N-dealkylation sites (tertiary alicyclic amines) is 2. The average Bonchev–Trinajstić information content (AvgIpc) is 0.825. The van der Waals surface area contributed by atoms with Crippen LogP contribution in [0.25, 0.3) is 21.8 Å². The third kappa shape index (κ3) is 16.8. The average molecular weight is 1270 g/mol. The summed E-state index contributed by atoms with van der Waals surface area (Å²) in [5.74, 6) is 3.63. The highest BCUT2D eigenvalue weighted by Crippen LogP contribution is 2.34. The zero-order valence-corrected chi connectivity index (χ0v) is 53.5. The van der Waals surface area contributed by atoms with E-state index in [0.29, 0.717) is 128 Å². The van der Waals surface area contributed by atoms with Crippen molar-refractivity contribution in [3.05, 3.63) is 188 Å². The number of carbonyl (C=O) groups excluding carboxylic acids is 3. The van der Waals surface area contributed by atoms with Gasteiger partial charge in [-0.25, -0.2) is 4.79 Å². The molecular formula is C71H82N10O12. The fraction of sp³-hybridized carbons (Fsp3) is 0.394. The normalized spacial score (nSPS) is 15.2. The number of pyridine rings is 4. The lowest BCUT2D eigenvalue weighted by atomic mass is 10.0. The van der Waals surface area contributed by atoms with Crippen molar-refractivity contribution in [2.24, 2.45) is 0 Å². The molecule has 22 heteroatoms. The van der Waals surface area contributed by atoms with Crippen LogP contribution in [-0.4, -0.2) is 149 Å². The number of rotatable bonds is 20. The van der Waals surface area contributed by atoms with Crippen molar-refractivity contribution in [3.63, 3.8) is 0 Å². The Balaban J connectivity index is 0.000000192. The van der Waals surface area contributed by atoms with E-state index < -0.39 is 5.60 Å². The van der Waals surface area contributed by atoms with E-state index in [2.05, 4.69) is 47.9 Å². The van der Waals surface area contributed by atoms with Gasteiger partial charge in [-0.15, -0.1) is 0 Å². The molecule has 0 bridgehead atoms. The molecule has 488 valence electrons. The summed E-state index contributed by atoms with van der Waals surface area (Å²) in [6, 6.07) is 33.5. The van der Waals surface area contributed by atoms with E-state index in [0.717, 1.165) is 93.1 Å². The fourth-order valence-corrected chi connectivity index (χ4v) is 12.2. The van der Waals surface area contributed by atoms with Crippen molar-refractivity contribution in [1.82, 2.24) is 49.8 Å². The first kappa shape index (κ1) is 65.0. The molecule has 4 aromatic heterocycles. The van der Waals surface area contributed by atoms with Crippen LogP contribution >= 0.6 is 0 Å². The summed E-state index contributed by atoms with van der Waals surface area (Å²) < 4.78 is 43.0. The minimum Gasteiger partial charge on any atom is -0.497 e. The van der Waals surface area contributed by atoms with Crippen molar-refractivity contribution in [3.8, 4) is 34.5 Å². The van der Waals surface area contributed by atoms with Crippen molar-refractivity contribution < 1.29 is 47.5 Å². The number of hydrogen-bond acceptors (Lipinski definition) is 17. The Bertz CT molecular complexity index is 4030. The molecular weight excluding hydrogens is 1180 g/mol. The van der Waals surface area contributed by atoms with Crippen molar-refractivity contribution >= 4 is 39.7 Å². The molecule has 0 spiro atoms. The molecule has 3 N–H and O–H groups in total. The number of carbonyl (C=O) groups is 3. The topological polar surface area (TPSA) is 231 Å². The minimum atomic E-state index is -0.628. The monoisotopic (exact) mass is 1270 g/mol. The Labute approximate surface area is 540 Å². The third-order valence-corrected chi connectivity index (χ3v) is 17.1. The maximum absolute atomic E-state index is 13.5. The molecule has 0 atom stereocenters. The lowest BCUT2D eigenvalue weighted by Gasteiger charge is -2.39. The number of fused-ring (bicyclic) bond motifs is 4. The van der Waals surface area contributed by atoms with Gasteiger partial charge in [0.1, 0.15) is 43.5 Å². The summed E-state index contributed by atoms with van der Waals surface area (Å²) >= 11 is 0. The van der Waals surface area contributed by atoms with E-state index in [4.69, 9.17) is 33.2 Å². The molecule has 2 fully saturated rings. The predicted octanol–water partition coefficient (Wildman–Crippen LogP) is 8.37. The van der Waals surface area contributed by atoms with Gasteiger partial charge in [0.05, 0.1) is 36.4 Å². The Morgan fingerprint density at radius 1 is 0.548 bits per heavy atom. The molecule has 8 aromatic rings. The molecule has 4 aliphatic rings. The van der Waals surface area contributed by atoms with Gasteiger partial charge >= 0.3 is 6.09 Å². The lowest BCUT2D eigenvalue weighted by Crippen LogP contribution is -2.49. The Morgan fingerprint density at radius 2 is 1.02 bits per heavy atom. The van der Waals surface area contributed by atoms with Gasteiger partial charge in [-0.3, -0.25) is 29.1 Å². The molecule has 0 radical (unpaired) electrons. The second kappa shape index (κ2) is 30.3. The zero-order valence-electron chi connectivity index (χ0n) is 53.5. The van der Waals surface area contributed by atoms with E-state index in [1.807, 2.05) is 98.5 Å². The highest BCUT2D eigenvalue weighted by atomic mass is 16.6. The first-order chi connectivity index (χ1) is 45.1. The highest BCUT2D eigenvalue weighted by Gasteiger charge is 2.32. The van der Waals surface area contributed by atoms with Gasteiger partial charge in [0.25, 0.3) is 22.9 Å². The molecule has 0 aliphatic carbocycles. The van der Waals surface area contributed by atoms with E-state index in [9.17, 15) is 24.0 Å². The van der Waals surface area contributed by atoms with Crippen LogP contribution in [-0.2, 0) is 44.0 Å². The van der Waals surface area contributed by atoms with E-state index in [1.54, 1.807) is 60.3 Å². The van der Waals surface area contributed by atoms with Gasteiger partial charge in [-0.1, -0.05) is 24.3 Å². The molecule has 12 rings (SSSR count). The Kier molecular flexibility index (Phi) is 21.2. The second-order valence-corrected chi connectivity index (χ2v) is 24.6. The number of piperidine rings is 2. The van der Waals surface area contributed by atoms with Crippen molar-refractivity contribution in [2.75, 3.05) is 79.9 Å². The first-order valence-corrected chi connectivity index (χ1v) is 31.9. The summed E-state index contributed by atoms with van der Waals surface area (Å²) in [5.41, 5.74) is 4.77. The fourth-order valence-electron chi connectivity index (χ4n) is 12.2. The molecule has 4 aliphatic heterocycles. The minimum absolute atomic E-state index is 0.0217. The molecule has 8 heterocycles. The number of nitrogens with zero attached hydrogens (tertiary/aromatic N) is 7. The number of nitrogens with one attached hydrogen (secondary N) is 3. The standard InChI is InChI=1S/C38H45N5O7.C33H37N5O5/c1-38(2,3)50-37(46)43(25-26-7-10-33-34(20-26)49-19-18-48-33)28-11-14-41(15-12-28)16-17-42-32-21-29(47-4)8-9-30(32)31(22-35(42)44)36(45)40-24-27-6-5-13-39-23-27;1-41-26-5-6-27-28(33(40)36-22-24-3-2-10-34-20-24)19-32(39)38(29(27)18-26)14-13-37-11-8-25(9-12-37)35-21-23-4-7-30-31(17-23)43-16-15-42-30/h5-10,13,20-23,28H,11-12,14-19,24-25H2,1-4H3,(H,40,45);2-7,10,17-20,25,35H,8-9,11-16,21-22H2,1H3,(H,36,40). The van der Waals surface area contributed by atoms with Crippen molar-refractivity contribution in [1.29, 1.82) is 0 Å². The van der Waals surface area contributed by atoms with Crippen LogP contribution in [0.1, 0.15) is 89.4 Å². The summed E-state index contributed by atoms with van der Waals surface area (Å²) in [5, 5.41) is 10.9. The molecule has 22 nitrogen and oxygen atoms in total. The molecule has 4 aromatic carbocycles. The lowest BCUT2D eigenvalue weighted by molar-refractivity contribution is 0.00560. The number of hydrogen-bond donors (Lipinski definition) is 3. The number of amides is 3. The second-order valence-electron chi connectivity index (χ2n) is 24.6. The predicted molar refractivity (Wildman–Crippen MR) is 353 cm³/mol. The number of benzene rings is 4. The van der Waals surface area contributed by atoms with Crippen molar-refractivity contribution in [2.45, 2.75) is 103 Å². The Morgan fingerprint density at radius 3 is 1.49 bits per heavy atom. The van der Waals surface area contributed by atoms with E-state index >= 15 is 0 Å². The summed E-state index contributed by atoms with van der Waals surface area (Å²) in [4.78, 5) is 81.6. The van der Waals surface area contributed by atoms with Gasteiger partial charge in [0, 0.05) is 137 Å². The van der Waals surface area contributed by atoms with Gasteiger partial charge in [-0.2, -0.15) is 0 Å². The quantitative estimate of drug-likeness (QED) is 0.0650. The van der Waals surface area contributed by atoms with Crippen LogP contribution < -0.4 is 55.5 Å². The van der Waals surface area contributed by atoms with Crippen LogP contribution in [0.2, 0.25) is 0 Å². The first-order valence-electron chi connectivity index (χ1n) is 31.9. The maximum Gasteiger partial charge on any atom is 0.410 e. The van der Waals surface area contributed by atoms with Gasteiger partial charge in [0.2, 0.25) is 0 Å². The van der Waals surface area contributed by atoms with E-state index in [1.165, 1.54) is 17.7 Å². The smallest absolute Gasteiger partial charge is 0.410 e. The SMILES string of the molecule is COc1ccc2c(C(=O)NCc3cccnc3)cc(=O)n(CCN3CCC(N(Cc4ccc5c(c4)OCCO5)C(=O)OC(C)(C)C)CC3)c2c1.COc1ccc2c(C(=O)NCc3cccnc3)cc(=O)n(CCN3CCC(NCc4ccc5c(c4)OCCO5)CC3)c2c1. The summed E-state index contributed by atoms with van der Waals surface area (Å²) in [6.45, 7) is 15.3. The highest BCUT2D eigenvalue weighted by molar-refractivity contribution is 6.07. The van der Waals surface area contributed by atoms with Gasteiger partial charge < -0.3 is 72.9 Å². The largest absolute Gasteiger partial charge is 0.497 e. The molecule has 2 saturated heterocycles. The summed E-state index contributed by atoms with van der Waals surface area (Å²) in [6.07, 6.45) is 9.99. The van der Waals surface area contributed by atoms with Gasteiger partial charge in [0.15, 0.2) is 23.0 Å². The van der Waals surface area contributed by atoms with Crippen LogP contribution in [0, 0.1) is 0 Å². The molecule has 0 saturated carbocycles. The Hall–Kier alpha value is -9.51. The van der Waals surface area contributed by atoms with Crippen LogP contribution in [0.4, 0.5) is 4.79 Å². The zero-order chi connectivity index (χ0) is 64.8. The van der Waals surface area contributed by atoms with Crippen LogP contribution in [0.5, 0.6) is 34.5 Å². The molecule has 93 heavy (non-hydrogen) atoms. The number of ether oxygens (including phenoxy) is 7. The number of methoxy groups -OCH3 is 2. The summed E-state index contributed by atoms with van der Waals surface area (Å²) in [7, 11) is 3.17. The molecule has 3 amide bonds. The maximum atomic E-state index is 13.5. The van der Waals surface area contributed by atoms with E-state index in [-0.39, 0.29) is 35.1 Å². The van der Waals surface area contributed by atoms with Gasteiger partial charge in [-0.05, 0) is 142 Å². The molecule has 0 unspecified atom stereocenters.